The van der Waals surface area contributed by atoms with Gasteiger partial charge in [0, 0.05) is 36.6 Å². The SMILES string of the molecule is Cn1c(=O)n(-c2ccc(CC[C@H](NC(=O)c3cc(F)c(NS(=O)(=O)c4ccc(NC(=O)C(C)(C)C)cc4)cc3F)C(=O)O)cn2)c(=O)c2ccncc21. The number of sulfonamides is 1. The van der Waals surface area contributed by atoms with Crippen LogP contribution < -0.4 is 26.6 Å². The molecule has 3 heterocycles. The molecule has 276 valence electrons. The number of carboxylic acid groups (broad SMARTS) is 1. The summed E-state index contributed by atoms with van der Waals surface area (Å²) in [6, 6.07) is 8.65. The number of nitrogens with one attached hydrogen (secondary N) is 3. The Balaban J connectivity index is 1.25. The van der Waals surface area contributed by atoms with E-state index in [1.54, 1.807) is 20.8 Å². The van der Waals surface area contributed by atoms with Crippen molar-refractivity contribution < 1.29 is 36.7 Å². The van der Waals surface area contributed by atoms with Crippen LogP contribution in [0.4, 0.5) is 20.2 Å². The van der Waals surface area contributed by atoms with Gasteiger partial charge in [-0.25, -0.2) is 36.3 Å². The van der Waals surface area contributed by atoms with Crippen LogP contribution in [0.25, 0.3) is 16.7 Å². The van der Waals surface area contributed by atoms with Crippen molar-refractivity contribution >= 4 is 50.1 Å². The number of halogens is 2. The van der Waals surface area contributed by atoms with Crippen LogP contribution in [-0.2, 0) is 33.1 Å². The summed E-state index contributed by atoms with van der Waals surface area (Å²) in [7, 11) is -2.97. The average molecular weight is 750 g/mol. The Labute approximate surface area is 300 Å². The molecule has 0 saturated carbocycles. The van der Waals surface area contributed by atoms with Crippen molar-refractivity contribution in [2.75, 3.05) is 10.0 Å². The topological polar surface area (TPSA) is 211 Å². The predicted molar refractivity (Wildman–Crippen MR) is 189 cm³/mol. The fourth-order valence-corrected chi connectivity index (χ4v) is 6.09. The van der Waals surface area contributed by atoms with E-state index in [2.05, 4.69) is 20.6 Å². The molecular weight excluding hydrogens is 716 g/mol. The molecule has 5 rings (SSSR count). The Bertz CT molecular complexity index is 2480. The summed E-state index contributed by atoms with van der Waals surface area (Å²) >= 11 is 0. The highest BCUT2D eigenvalue weighted by Crippen LogP contribution is 2.25. The standard InChI is InChI=1S/C35H33F2N7O8S/c1-35(2,3)33(49)40-20-7-9-21(10-8-20)53(51,52)42-27-16-24(36)23(15-25(27)37)30(45)41-26(32(47)48)11-5-19-6-12-29(39-17-19)44-31(46)22-13-14-38-18-28(22)43(4)34(44)50/h6-10,12-18,26,42H,5,11H2,1-4H3,(H,40,49)(H,41,45)(H,47,48)/t26-/m0/s1. The third kappa shape index (κ3) is 8.27. The van der Waals surface area contributed by atoms with E-state index >= 15 is 8.78 Å². The maximum atomic E-state index is 15.1. The molecule has 2 amide bonds. The molecule has 0 spiro atoms. The number of benzene rings is 2. The minimum atomic E-state index is -4.45. The molecule has 0 aliphatic heterocycles. The lowest BCUT2D eigenvalue weighted by atomic mass is 9.95. The Kier molecular flexibility index (Phi) is 10.6. The van der Waals surface area contributed by atoms with E-state index in [0.29, 0.717) is 28.9 Å². The Hall–Kier alpha value is -6.30. The first-order chi connectivity index (χ1) is 24.9. The summed E-state index contributed by atoms with van der Waals surface area (Å²) < 4.78 is 59.9. The van der Waals surface area contributed by atoms with Crippen LogP contribution in [0.3, 0.4) is 0 Å². The fraction of sp³-hybridized carbons (Fsp3) is 0.229. The number of aromatic nitrogens is 4. The largest absolute Gasteiger partial charge is 0.480 e. The van der Waals surface area contributed by atoms with Crippen molar-refractivity contribution in [1.82, 2.24) is 24.4 Å². The molecule has 4 N–H and O–H groups in total. The molecule has 0 saturated heterocycles. The third-order valence-corrected chi connectivity index (χ3v) is 9.47. The van der Waals surface area contributed by atoms with E-state index in [9.17, 15) is 37.5 Å². The molecule has 0 bridgehead atoms. The van der Waals surface area contributed by atoms with E-state index in [-0.39, 0.29) is 34.8 Å². The molecule has 0 fully saturated rings. The van der Waals surface area contributed by atoms with Gasteiger partial charge in [0.25, 0.3) is 21.5 Å². The number of carbonyl (C=O) groups excluding carboxylic acids is 2. The highest BCUT2D eigenvalue weighted by Gasteiger charge is 2.26. The molecule has 2 aromatic carbocycles. The van der Waals surface area contributed by atoms with Crippen LogP contribution in [-0.4, -0.2) is 56.5 Å². The zero-order valence-corrected chi connectivity index (χ0v) is 29.5. The summed E-state index contributed by atoms with van der Waals surface area (Å²) in [4.78, 5) is 70.8. The summed E-state index contributed by atoms with van der Waals surface area (Å²) in [6.45, 7) is 5.09. The van der Waals surface area contributed by atoms with Gasteiger partial charge in [-0.3, -0.25) is 28.7 Å². The molecule has 5 aromatic rings. The quantitative estimate of drug-likeness (QED) is 0.155. The highest BCUT2D eigenvalue weighted by molar-refractivity contribution is 7.92. The predicted octanol–water partition coefficient (Wildman–Crippen LogP) is 3.36. The van der Waals surface area contributed by atoms with E-state index in [1.165, 1.54) is 60.5 Å². The lowest BCUT2D eigenvalue weighted by Gasteiger charge is -2.18. The molecule has 0 unspecified atom stereocenters. The van der Waals surface area contributed by atoms with E-state index in [1.807, 2.05) is 4.72 Å². The Morgan fingerprint density at radius 1 is 0.962 bits per heavy atom. The first kappa shape index (κ1) is 37.9. The maximum absolute atomic E-state index is 15.1. The van der Waals surface area contributed by atoms with E-state index in [0.717, 1.165) is 16.7 Å². The lowest BCUT2D eigenvalue weighted by Crippen LogP contribution is -2.41. The van der Waals surface area contributed by atoms with E-state index < -0.39 is 67.5 Å². The van der Waals surface area contributed by atoms with Crippen molar-refractivity contribution in [3.63, 3.8) is 0 Å². The second kappa shape index (κ2) is 14.7. The number of aliphatic carboxylic acids is 1. The number of anilines is 2. The first-order valence-electron chi connectivity index (χ1n) is 15.9. The summed E-state index contributed by atoms with van der Waals surface area (Å²) in [6.07, 6.45) is 3.95. The van der Waals surface area contributed by atoms with E-state index in [4.69, 9.17) is 0 Å². The Morgan fingerprint density at radius 2 is 1.66 bits per heavy atom. The minimum Gasteiger partial charge on any atom is -0.480 e. The second-order valence-corrected chi connectivity index (χ2v) is 14.6. The van der Waals surface area contributed by atoms with Crippen molar-refractivity contribution in [3.8, 4) is 5.82 Å². The molecule has 15 nitrogen and oxygen atoms in total. The van der Waals surface area contributed by atoms with Gasteiger partial charge in [-0.05, 0) is 60.9 Å². The van der Waals surface area contributed by atoms with Gasteiger partial charge in [0.15, 0.2) is 0 Å². The van der Waals surface area contributed by atoms with Gasteiger partial charge in [0.2, 0.25) is 5.91 Å². The van der Waals surface area contributed by atoms with Crippen molar-refractivity contribution in [2.24, 2.45) is 12.5 Å². The van der Waals surface area contributed by atoms with Gasteiger partial charge in [-0.15, -0.1) is 0 Å². The monoisotopic (exact) mass is 749 g/mol. The fourth-order valence-electron chi connectivity index (χ4n) is 5.04. The summed E-state index contributed by atoms with van der Waals surface area (Å²) in [5.74, 6) is -5.69. The average Bonchev–Trinajstić information content (AvgIpc) is 3.10. The molecule has 0 aliphatic rings. The number of amides is 2. The van der Waals surface area contributed by atoms with Gasteiger partial charge < -0.3 is 15.7 Å². The molecular formula is C35H33F2N7O8S. The number of nitrogens with zero attached hydrogens (tertiary/aromatic N) is 4. The number of aryl methyl sites for hydroxylation is 2. The van der Waals surface area contributed by atoms with Crippen molar-refractivity contribution in [1.29, 1.82) is 0 Å². The van der Waals surface area contributed by atoms with Crippen LogP contribution in [0.2, 0.25) is 0 Å². The number of carboxylic acids is 1. The molecule has 18 heteroatoms. The number of rotatable bonds is 11. The molecule has 0 radical (unpaired) electrons. The molecule has 53 heavy (non-hydrogen) atoms. The van der Waals surface area contributed by atoms with Gasteiger partial charge >= 0.3 is 11.7 Å². The zero-order chi connectivity index (χ0) is 38.8. The number of hydrogen-bond acceptors (Lipinski definition) is 9. The van der Waals surface area contributed by atoms with Crippen LogP contribution in [0.5, 0.6) is 0 Å². The highest BCUT2D eigenvalue weighted by atomic mass is 32.2. The number of carbonyl (C=O) groups is 3. The lowest BCUT2D eigenvalue weighted by molar-refractivity contribution is -0.139. The van der Waals surface area contributed by atoms with Gasteiger partial charge in [-0.2, -0.15) is 0 Å². The summed E-state index contributed by atoms with van der Waals surface area (Å²) in [5.41, 5.74) is -2.53. The third-order valence-electron chi connectivity index (χ3n) is 8.09. The number of hydrogen-bond donors (Lipinski definition) is 4. The summed E-state index contributed by atoms with van der Waals surface area (Å²) in [5, 5.41) is 14.8. The van der Waals surface area contributed by atoms with Crippen LogP contribution in [0.1, 0.15) is 43.1 Å². The second-order valence-electron chi connectivity index (χ2n) is 12.9. The minimum absolute atomic E-state index is 0.0175. The van der Waals surface area contributed by atoms with Crippen LogP contribution in [0, 0.1) is 17.0 Å². The first-order valence-corrected chi connectivity index (χ1v) is 17.3. The van der Waals surface area contributed by atoms with Gasteiger partial charge in [0.1, 0.15) is 23.5 Å². The van der Waals surface area contributed by atoms with Crippen LogP contribution in [0.15, 0.2) is 87.7 Å². The molecule has 1 atom stereocenters. The molecule has 3 aromatic heterocycles. The Morgan fingerprint density at radius 3 is 2.28 bits per heavy atom. The normalized spacial score (nSPS) is 12.3. The number of fused-ring (bicyclic) bond motifs is 1. The van der Waals surface area contributed by atoms with Crippen molar-refractivity contribution in [2.45, 2.75) is 44.6 Å². The number of pyridine rings is 2. The maximum Gasteiger partial charge on any atom is 0.337 e. The molecule has 0 aliphatic carbocycles. The smallest absolute Gasteiger partial charge is 0.337 e. The van der Waals surface area contributed by atoms with Crippen molar-refractivity contribution in [3.05, 3.63) is 117 Å². The van der Waals surface area contributed by atoms with Gasteiger partial charge in [-0.1, -0.05) is 26.8 Å². The van der Waals surface area contributed by atoms with Gasteiger partial charge in [0.05, 0.1) is 33.2 Å². The van der Waals surface area contributed by atoms with Crippen LogP contribution >= 0.6 is 0 Å². The zero-order valence-electron chi connectivity index (χ0n) is 28.7.